The van der Waals surface area contributed by atoms with Crippen LogP contribution in [-0.4, -0.2) is 52.1 Å². The second-order valence-electron chi connectivity index (χ2n) is 9.15. The number of hydrogen-bond donors (Lipinski definition) is 1. The number of carbonyl (C=O) groups is 1. The highest BCUT2D eigenvalue weighted by Gasteiger charge is 2.26. The van der Waals surface area contributed by atoms with Crippen molar-refractivity contribution in [3.8, 4) is 11.5 Å². The largest absolute Gasteiger partial charge is 0.496 e. The van der Waals surface area contributed by atoms with E-state index >= 15 is 0 Å². The van der Waals surface area contributed by atoms with Gasteiger partial charge >= 0.3 is 0 Å². The van der Waals surface area contributed by atoms with Crippen LogP contribution in [0, 0.1) is 5.92 Å². The third-order valence-electron chi connectivity index (χ3n) is 6.01. The average molecular weight is 489 g/mol. The maximum atomic E-state index is 13.1. The first kappa shape index (κ1) is 26.0. The van der Waals surface area contributed by atoms with Crippen LogP contribution in [0.15, 0.2) is 47.4 Å². The summed E-state index contributed by atoms with van der Waals surface area (Å²) in [6, 6.07) is 12.3. The Morgan fingerprint density at radius 3 is 2.41 bits per heavy atom. The van der Waals surface area contributed by atoms with Gasteiger partial charge in [0.15, 0.2) is 0 Å². The Balaban J connectivity index is 1.61. The van der Waals surface area contributed by atoms with Gasteiger partial charge in [-0.05, 0) is 81.3 Å². The van der Waals surface area contributed by atoms with Crippen LogP contribution in [0.3, 0.4) is 0 Å². The fourth-order valence-corrected chi connectivity index (χ4v) is 5.09. The number of aryl methyl sites for hydroxylation is 1. The van der Waals surface area contributed by atoms with Gasteiger partial charge in [0.05, 0.1) is 23.7 Å². The lowest BCUT2D eigenvalue weighted by Gasteiger charge is -2.30. The number of nitrogens with one attached hydrogen (secondary N) is 1. The van der Waals surface area contributed by atoms with Crippen LogP contribution < -0.4 is 14.2 Å². The first-order valence-electron chi connectivity index (χ1n) is 11.9. The Hall–Kier alpha value is -2.58. The SMILES string of the molecule is COc1ccc(S(=O)(=O)NCCCc2ccc(OC(C)C)cc2)cc1C(=O)N1CCC(C)CC1. The third-order valence-corrected chi connectivity index (χ3v) is 7.47. The molecule has 2 aromatic rings. The summed E-state index contributed by atoms with van der Waals surface area (Å²) < 4.78 is 39.4. The number of piperidine rings is 1. The van der Waals surface area contributed by atoms with Gasteiger partial charge in [0.25, 0.3) is 5.91 Å². The Morgan fingerprint density at radius 1 is 1.12 bits per heavy atom. The minimum atomic E-state index is -3.75. The van der Waals surface area contributed by atoms with E-state index in [-0.39, 0.29) is 22.5 Å². The fourth-order valence-electron chi connectivity index (χ4n) is 3.99. The summed E-state index contributed by atoms with van der Waals surface area (Å²) in [7, 11) is -2.27. The Morgan fingerprint density at radius 2 is 1.79 bits per heavy atom. The number of hydrogen-bond acceptors (Lipinski definition) is 5. The lowest BCUT2D eigenvalue weighted by Crippen LogP contribution is -2.38. The van der Waals surface area contributed by atoms with E-state index in [1.807, 2.05) is 38.1 Å². The van der Waals surface area contributed by atoms with E-state index in [1.54, 1.807) is 11.0 Å². The summed E-state index contributed by atoms with van der Waals surface area (Å²) in [6.07, 6.45) is 3.40. The van der Waals surface area contributed by atoms with Crippen molar-refractivity contribution in [1.82, 2.24) is 9.62 Å². The van der Waals surface area contributed by atoms with Crippen LogP contribution in [0.2, 0.25) is 0 Å². The fraction of sp³-hybridized carbons (Fsp3) is 0.500. The summed E-state index contributed by atoms with van der Waals surface area (Å²) >= 11 is 0. The Kier molecular flexibility index (Phi) is 8.97. The zero-order valence-electron chi connectivity index (χ0n) is 20.5. The van der Waals surface area contributed by atoms with E-state index in [2.05, 4.69) is 11.6 Å². The van der Waals surface area contributed by atoms with Crippen LogP contribution in [0.5, 0.6) is 11.5 Å². The van der Waals surface area contributed by atoms with E-state index < -0.39 is 10.0 Å². The van der Waals surface area contributed by atoms with E-state index in [0.29, 0.717) is 37.7 Å². The molecular formula is C26H36N2O5S. The molecule has 7 nitrogen and oxygen atoms in total. The first-order valence-corrected chi connectivity index (χ1v) is 13.4. The van der Waals surface area contributed by atoms with Crippen molar-refractivity contribution in [2.45, 2.75) is 57.5 Å². The molecule has 0 unspecified atom stereocenters. The molecule has 1 heterocycles. The number of benzene rings is 2. The van der Waals surface area contributed by atoms with Crippen molar-refractivity contribution < 1.29 is 22.7 Å². The number of ether oxygens (including phenoxy) is 2. The molecule has 1 aliphatic heterocycles. The van der Waals surface area contributed by atoms with Crippen LogP contribution in [0.1, 0.15) is 56.0 Å². The molecule has 186 valence electrons. The summed E-state index contributed by atoms with van der Waals surface area (Å²) in [5.41, 5.74) is 1.40. The zero-order chi connectivity index (χ0) is 24.7. The lowest BCUT2D eigenvalue weighted by atomic mass is 9.98. The quantitative estimate of drug-likeness (QED) is 0.505. The molecule has 1 saturated heterocycles. The maximum Gasteiger partial charge on any atom is 0.257 e. The summed E-state index contributed by atoms with van der Waals surface area (Å²) in [5, 5.41) is 0. The van der Waals surface area contributed by atoms with E-state index in [1.165, 1.54) is 19.2 Å². The topological polar surface area (TPSA) is 84.9 Å². The Labute approximate surface area is 203 Å². The normalized spacial score (nSPS) is 14.9. The van der Waals surface area contributed by atoms with Gasteiger partial charge in [0.1, 0.15) is 11.5 Å². The molecule has 0 saturated carbocycles. The van der Waals surface area contributed by atoms with Crippen molar-refractivity contribution in [3.05, 3.63) is 53.6 Å². The first-order chi connectivity index (χ1) is 16.2. The summed E-state index contributed by atoms with van der Waals surface area (Å²) in [6.45, 7) is 7.78. The van der Waals surface area contributed by atoms with E-state index in [4.69, 9.17) is 9.47 Å². The highest BCUT2D eigenvalue weighted by atomic mass is 32.2. The standard InChI is InChI=1S/C26H36N2O5S/c1-19(2)33-22-9-7-21(8-10-22)6-5-15-27-34(30,31)23-11-12-25(32-4)24(18-23)26(29)28-16-13-20(3)14-17-28/h7-12,18-20,27H,5-6,13-17H2,1-4H3. The molecular weight excluding hydrogens is 452 g/mol. The van der Waals surface area contributed by atoms with Gasteiger partial charge in [0, 0.05) is 19.6 Å². The van der Waals surface area contributed by atoms with Gasteiger partial charge < -0.3 is 14.4 Å². The van der Waals surface area contributed by atoms with Crippen LogP contribution in [0.25, 0.3) is 0 Å². The molecule has 0 bridgehead atoms. The Bertz CT molecular complexity index is 1060. The van der Waals surface area contributed by atoms with Crippen molar-refractivity contribution >= 4 is 15.9 Å². The molecule has 0 aromatic heterocycles. The number of rotatable bonds is 10. The molecule has 1 aliphatic rings. The van der Waals surface area contributed by atoms with Gasteiger partial charge in [-0.1, -0.05) is 19.1 Å². The van der Waals surface area contributed by atoms with Crippen molar-refractivity contribution in [2.75, 3.05) is 26.7 Å². The second kappa shape index (κ2) is 11.7. The molecule has 1 amide bonds. The lowest BCUT2D eigenvalue weighted by molar-refractivity contribution is 0.0693. The van der Waals surface area contributed by atoms with Crippen molar-refractivity contribution in [2.24, 2.45) is 5.92 Å². The molecule has 1 N–H and O–H groups in total. The summed E-state index contributed by atoms with van der Waals surface area (Å²) in [5.74, 6) is 1.61. The molecule has 0 atom stereocenters. The second-order valence-corrected chi connectivity index (χ2v) is 10.9. The number of sulfonamides is 1. The number of likely N-dealkylation sites (tertiary alicyclic amines) is 1. The molecule has 0 radical (unpaired) electrons. The number of carbonyl (C=O) groups excluding carboxylic acids is 1. The van der Waals surface area contributed by atoms with Crippen molar-refractivity contribution in [3.63, 3.8) is 0 Å². The van der Waals surface area contributed by atoms with Gasteiger partial charge in [-0.2, -0.15) is 0 Å². The molecule has 34 heavy (non-hydrogen) atoms. The zero-order valence-corrected chi connectivity index (χ0v) is 21.4. The molecule has 2 aromatic carbocycles. The van der Waals surface area contributed by atoms with Crippen LogP contribution in [-0.2, 0) is 16.4 Å². The van der Waals surface area contributed by atoms with Crippen LogP contribution >= 0.6 is 0 Å². The molecule has 0 spiro atoms. The predicted molar refractivity (Wildman–Crippen MR) is 133 cm³/mol. The van der Waals surface area contributed by atoms with Gasteiger partial charge in [-0.15, -0.1) is 0 Å². The number of amides is 1. The molecule has 1 fully saturated rings. The van der Waals surface area contributed by atoms with Gasteiger partial charge in [0.2, 0.25) is 10.0 Å². The molecule has 0 aliphatic carbocycles. The third kappa shape index (κ3) is 6.96. The monoisotopic (exact) mass is 488 g/mol. The molecule has 3 rings (SSSR count). The number of methoxy groups -OCH3 is 1. The maximum absolute atomic E-state index is 13.1. The minimum absolute atomic E-state index is 0.0669. The highest BCUT2D eigenvalue weighted by Crippen LogP contribution is 2.26. The van der Waals surface area contributed by atoms with Crippen LogP contribution in [0.4, 0.5) is 0 Å². The smallest absolute Gasteiger partial charge is 0.257 e. The van der Waals surface area contributed by atoms with E-state index in [9.17, 15) is 13.2 Å². The molecule has 8 heteroatoms. The van der Waals surface area contributed by atoms with Gasteiger partial charge in [-0.3, -0.25) is 4.79 Å². The summed E-state index contributed by atoms with van der Waals surface area (Å²) in [4.78, 5) is 14.9. The van der Waals surface area contributed by atoms with E-state index in [0.717, 1.165) is 30.6 Å². The van der Waals surface area contributed by atoms with Crippen molar-refractivity contribution in [1.29, 1.82) is 0 Å². The predicted octanol–water partition coefficient (Wildman–Crippen LogP) is 4.27. The van der Waals surface area contributed by atoms with Gasteiger partial charge in [-0.25, -0.2) is 13.1 Å². The highest BCUT2D eigenvalue weighted by molar-refractivity contribution is 7.89. The average Bonchev–Trinajstić information content (AvgIpc) is 2.82. The minimum Gasteiger partial charge on any atom is -0.496 e. The number of nitrogens with zero attached hydrogens (tertiary/aromatic N) is 1.